The van der Waals surface area contributed by atoms with Crippen LogP contribution in [0.5, 0.6) is 0 Å². The predicted octanol–water partition coefficient (Wildman–Crippen LogP) is 7.73. The van der Waals surface area contributed by atoms with Crippen LogP contribution in [0, 0.1) is 27.7 Å². The summed E-state index contributed by atoms with van der Waals surface area (Å²) in [6.07, 6.45) is -0.844. The molecule has 4 aromatic carbocycles. The molecule has 4 rings (SSSR count). The van der Waals surface area contributed by atoms with Gasteiger partial charge >= 0.3 is 0 Å². The maximum absolute atomic E-state index is 12.0. The second-order valence-electron chi connectivity index (χ2n) is 10.0. The van der Waals surface area contributed by atoms with Gasteiger partial charge in [-0.2, -0.15) is 0 Å². The summed E-state index contributed by atoms with van der Waals surface area (Å²) >= 11 is 0. The summed E-state index contributed by atoms with van der Waals surface area (Å²) in [6.45, 7) is 11.1. The predicted molar refractivity (Wildman–Crippen MR) is 158 cm³/mol. The fourth-order valence-corrected chi connectivity index (χ4v) is 5.09. The Hall–Kier alpha value is -4.22. The first-order valence-electron chi connectivity index (χ1n) is 13.2. The number of nitrogens with one attached hydrogen (secondary N) is 2. The van der Waals surface area contributed by atoms with Crippen molar-refractivity contribution < 1.29 is 14.3 Å². The Balaban J connectivity index is 1.91. The molecule has 0 bridgehead atoms. The molecule has 200 valence electrons. The van der Waals surface area contributed by atoms with Gasteiger partial charge in [0.1, 0.15) is 12.2 Å². The quantitative estimate of drug-likeness (QED) is 0.250. The Morgan fingerprint density at radius 3 is 1.26 bits per heavy atom. The van der Waals surface area contributed by atoms with Gasteiger partial charge in [-0.15, -0.1) is 0 Å². The highest BCUT2D eigenvalue weighted by molar-refractivity contribution is 5.91. The number of hydrogen-bond donors (Lipinski definition) is 2. The van der Waals surface area contributed by atoms with Gasteiger partial charge in [0.2, 0.25) is 11.8 Å². The van der Waals surface area contributed by atoms with E-state index in [9.17, 15) is 9.59 Å². The number of carbonyl (C=O) groups excluding carboxylic acids is 2. The van der Waals surface area contributed by atoms with E-state index in [0.29, 0.717) is 0 Å². The van der Waals surface area contributed by atoms with Crippen LogP contribution < -0.4 is 10.6 Å². The van der Waals surface area contributed by atoms with E-state index in [1.807, 2.05) is 76.2 Å². The van der Waals surface area contributed by atoms with Crippen LogP contribution in [-0.2, 0) is 14.3 Å². The monoisotopic (exact) mass is 520 g/mol. The molecular weight excluding hydrogens is 484 g/mol. The van der Waals surface area contributed by atoms with Gasteiger partial charge in [-0.1, -0.05) is 84.9 Å². The third kappa shape index (κ3) is 6.27. The molecule has 0 aromatic heterocycles. The molecule has 0 heterocycles. The highest BCUT2D eigenvalue weighted by Gasteiger charge is 2.27. The summed E-state index contributed by atoms with van der Waals surface area (Å²) in [5.41, 5.74) is 9.49. The lowest BCUT2D eigenvalue weighted by Gasteiger charge is -2.30. The van der Waals surface area contributed by atoms with Gasteiger partial charge in [0.25, 0.3) is 0 Å². The van der Waals surface area contributed by atoms with Crippen LogP contribution in [0.15, 0.2) is 84.9 Å². The zero-order chi connectivity index (χ0) is 28.1. The van der Waals surface area contributed by atoms with Crippen LogP contribution in [0.25, 0.3) is 0 Å². The molecule has 2 atom stereocenters. The minimum absolute atomic E-state index is 0.113. The summed E-state index contributed by atoms with van der Waals surface area (Å²) in [5, 5.41) is 6.02. The van der Waals surface area contributed by atoms with E-state index >= 15 is 0 Å². The molecule has 2 N–H and O–H groups in total. The minimum atomic E-state index is -0.422. The van der Waals surface area contributed by atoms with Gasteiger partial charge in [0.15, 0.2) is 0 Å². The average molecular weight is 521 g/mol. The van der Waals surface area contributed by atoms with Crippen LogP contribution in [0.4, 0.5) is 11.4 Å². The molecule has 0 saturated heterocycles. The Morgan fingerprint density at radius 1 is 0.564 bits per heavy atom. The molecule has 2 amide bonds. The van der Waals surface area contributed by atoms with Gasteiger partial charge in [-0.3, -0.25) is 9.59 Å². The van der Waals surface area contributed by atoms with Crippen molar-refractivity contribution in [3.8, 4) is 0 Å². The van der Waals surface area contributed by atoms with Crippen LogP contribution in [0.3, 0.4) is 0 Å². The van der Waals surface area contributed by atoms with Crippen molar-refractivity contribution in [3.63, 3.8) is 0 Å². The zero-order valence-corrected chi connectivity index (χ0v) is 23.5. The van der Waals surface area contributed by atoms with Crippen molar-refractivity contribution in [1.82, 2.24) is 0 Å². The molecule has 0 aliphatic carbocycles. The Morgan fingerprint density at radius 2 is 0.923 bits per heavy atom. The SMILES string of the molecule is CC(=O)Nc1c(C)ccc(C(OC(c2ccccc2)c2ccc(C)c(NC(C)=O)c2C)c2ccccc2)c1C. The number of rotatable bonds is 8. The second kappa shape index (κ2) is 12.1. The molecule has 0 spiro atoms. The fraction of sp³-hybridized carbons (Fsp3) is 0.235. The third-order valence-electron chi connectivity index (χ3n) is 7.07. The molecule has 0 aliphatic heterocycles. The lowest BCUT2D eigenvalue weighted by molar-refractivity contribution is -0.115. The van der Waals surface area contributed by atoms with Gasteiger partial charge in [0.05, 0.1) is 0 Å². The molecule has 0 radical (unpaired) electrons. The molecule has 0 fully saturated rings. The Kier molecular flexibility index (Phi) is 8.62. The molecule has 4 aromatic rings. The highest BCUT2D eigenvalue weighted by Crippen LogP contribution is 2.41. The van der Waals surface area contributed by atoms with Crippen molar-refractivity contribution in [3.05, 3.63) is 129 Å². The van der Waals surface area contributed by atoms with Gasteiger partial charge in [-0.05, 0) is 72.2 Å². The van der Waals surface area contributed by atoms with Crippen molar-refractivity contribution >= 4 is 23.2 Å². The summed E-state index contributed by atoms with van der Waals surface area (Å²) < 4.78 is 7.13. The first-order valence-corrected chi connectivity index (χ1v) is 13.2. The standard InChI is InChI=1S/C34H36N2O3/c1-21-17-19-29(23(3)31(21)35-25(5)37)33(27-13-9-7-10-14-27)39-34(28-15-11-8-12-16-28)30-20-18-22(2)32(24(30)4)36-26(6)38/h7-20,33-34H,1-6H3,(H,35,37)(H,36,38). The van der Waals surface area contributed by atoms with Crippen molar-refractivity contribution in [1.29, 1.82) is 0 Å². The van der Waals surface area contributed by atoms with E-state index in [0.717, 1.165) is 55.9 Å². The average Bonchev–Trinajstić information content (AvgIpc) is 2.91. The molecule has 39 heavy (non-hydrogen) atoms. The number of anilines is 2. The van der Waals surface area contributed by atoms with Gasteiger partial charge in [0, 0.05) is 25.2 Å². The molecule has 2 unspecified atom stereocenters. The smallest absolute Gasteiger partial charge is 0.221 e. The number of ether oxygens (including phenoxy) is 1. The van der Waals surface area contributed by atoms with Crippen LogP contribution in [-0.4, -0.2) is 11.8 Å². The summed E-state index contributed by atoms with van der Waals surface area (Å²) in [4.78, 5) is 24.0. The number of hydrogen-bond acceptors (Lipinski definition) is 3. The number of amides is 2. The van der Waals surface area contributed by atoms with E-state index < -0.39 is 12.2 Å². The van der Waals surface area contributed by atoms with Gasteiger partial charge in [-0.25, -0.2) is 0 Å². The minimum Gasteiger partial charge on any atom is -0.356 e. The highest BCUT2D eigenvalue weighted by atomic mass is 16.5. The van der Waals surface area contributed by atoms with Crippen LogP contribution in [0.2, 0.25) is 0 Å². The summed E-state index contributed by atoms with van der Waals surface area (Å²) in [5.74, 6) is -0.225. The van der Waals surface area contributed by atoms with Crippen molar-refractivity contribution in [2.45, 2.75) is 53.8 Å². The largest absolute Gasteiger partial charge is 0.356 e. The number of benzene rings is 4. The van der Waals surface area contributed by atoms with E-state index in [1.54, 1.807) is 0 Å². The first kappa shape index (κ1) is 27.8. The van der Waals surface area contributed by atoms with E-state index in [1.165, 1.54) is 13.8 Å². The maximum Gasteiger partial charge on any atom is 0.221 e. The fourth-order valence-electron chi connectivity index (χ4n) is 5.09. The third-order valence-corrected chi connectivity index (χ3v) is 7.07. The molecule has 5 nitrogen and oxygen atoms in total. The molecule has 5 heteroatoms. The van der Waals surface area contributed by atoms with Crippen LogP contribution >= 0.6 is 0 Å². The summed E-state index contributed by atoms with van der Waals surface area (Å²) in [6, 6.07) is 28.5. The van der Waals surface area contributed by atoms with E-state index in [-0.39, 0.29) is 11.8 Å². The lowest BCUT2D eigenvalue weighted by Crippen LogP contribution is -2.18. The lowest BCUT2D eigenvalue weighted by atomic mass is 9.91. The van der Waals surface area contributed by atoms with E-state index in [2.05, 4.69) is 47.0 Å². The van der Waals surface area contributed by atoms with Gasteiger partial charge < -0.3 is 15.4 Å². The molecule has 0 aliphatic rings. The molecule has 0 saturated carbocycles. The normalized spacial score (nSPS) is 12.5. The van der Waals surface area contributed by atoms with Crippen molar-refractivity contribution in [2.24, 2.45) is 0 Å². The second-order valence-corrected chi connectivity index (χ2v) is 10.0. The Bertz CT molecular complexity index is 1370. The topological polar surface area (TPSA) is 67.4 Å². The van der Waals surface area contributed by atoms with E-state index in [4.69, 9.17) is 4.74 Å². The van der Waals surface area contributed by atoms with Crippen molar-refractivity contribution in [2.75, 3.05) is 10.6 Å². The first-order chi connectivity index (χ1) is 18.7. The number of carbonyl (C=O) groups is 2. The number of aryl methyl sites for hydroxylation is 2. The molecular formula is C34H36N2O3. The summed E-state index contributed by atoms with van der Waals surface area (Å²) in [7, 11) is 0. The maximum atomic E-state index is 12.0. The van der Waals surface area contributed by atoms with Crippen LogP contribution in [0.1, 0.15) is 70.6 Å². The Labute approximate surface area is 231 Å². The zero-order valence-electron chi connectivity index (χ0n) is 23.5.